The molecule has 0 bridgehead atoms. The van der Waals surface area contributed by atoms with E-state index in [1.807, 2.05) is 54.6 Å². The Morgan fingerprint density at radius 2 is 1.90 bits per heavy atom. The van der Waals surface area contributed by atoms with Crippen LogP contribution >= 0.6 is 11.6 Å². The van der Waals surface area contributed by atoms with Crippen LogP contribution in [0.5, 0.6) is 0 Å². The van der Waals surface area contributed by atoms with Crippen LogP contribution in [0.3, 0.4) is 0 Å². The van der Waals surface area contributed by atoms with Crippen molar-refractivity contribution in [2.45, 2.75) is 13.0 Å². The highest BCUT2D eigenvalue weighted by Gasteiger charge is 2.08. The van der Waals surface area contributed by atoms with E-state index in [4.69, 9.17) is 22.5 Å². The Hall–Kier alpha value is -2.20. The minimum absolute atomic E-state index is 0.224. The quantitative estimate of drug-likeness (QED) is 0.372. The number of amidine groups is 1. The van der Waals surface area contributed by atoms with Gasteiger partial charge in [0.05, 0.1) is 0 Å². The van der Waals surface area contributed by atoms with Crippen LogP contribution in [0.25, 0.3) is 0 Å². The SMILES string of the molecule is N/C(CCN(Cc1cccc(Cl)c1)c1ccccc1)=N\O. The lowest BCUT2D eigenvalue weighted by molar-refractivity contribution is 0.317. The molecule has 0 aliphatic rings. The molecule has 0 saturated carbocycles. The topological polar surface area (TPSA) is 61.8 Å². The van der Waals surface area contributed by atoms with Crippen molar-refractivity contribution < 1.29 is 5.21 Å². The fraction of sp³-hybridized carbons (Fsp3) is 0.188. The summed E-state index contributed by atoms with van der Waals surface area (Å²) < 4.78 is 0. The normalized spacial score (nSPS) is 11.4. The third-order valence-electron chi connectivity index (χ3n) is 3.15. The molecule has 0 unspecified atom stereocenters. The molecule has 0 atom stereocenters. The first kappa shape index (κ1) is 15.2. The largest absolute Gasteiger partial charge is 0.409 e. The van der Waals surface area contributed by atoms with E-state index in [2.05, 4.69) is 10.1 Å². The Morgan fingerprint density at radius 1 is 1.14 bits per heavy atom. The number of nitrogens with two attached hydrogens (primary N) is 1. The summed E-state index contributed by atoms with van der Waals surface area (Å²) in [5.74, 6) is 0.224. The second kappa shape index (κ2) is 7.55. The van der Waals surface area contributed by atoms with E-state index in [1.54, 1.807) is 0 Å². The van der Waals surface area contributed by atoms with Gasteiger partial charge in [0.15, 0.2) is 0 Å². The Balaban J connectivity index is 2.15. The summed E-state index contributed by atoms with van der Waals surface area (Å²) in [6.07, 6.45) is 0.492. The van der Waals surface area contributed by atoms with Crippen LogP contribution in [0.15, 0.2) is 59.8 Å². The Morgan fingerprint density at radius 3 is 2.57 bits per heavy atom. The van der Waals surface area contributed by atoms with Crippen LogP contribution in [0.1, 0.15) is 12.0 Å². The van der Waals surface area contributed by atoms with Crippen molar-refractivity contribution >= 4 is 23.1 Å². The van der Waals surface area contributed by atoms with E-state index in [9.17, 15) is 0 Å². The van der Waals surface area contributed by atoms with Crippen molar-refractivity contribution in [3.8, 4) is 0 Å². The Kier molecular flexibility index (Phi) is 5.46. The van der Waals surface area contributed by atoms with E-state index < -0.39 is 0 Å². The summed E-state index contributed by atoms with van der Waals surface area (Å²) in [5, 5.41) is 12.4. The molecule has 21 heavy (non-hydrogen) atoms. The average molecular weight is 304 g/mol. The lowest BCUT2D eigenvalue weighted by Gasteiger charge is -2.25. The van der Waals surface area contributed by atoms with Gasteiger partial charge in [0.1, 0.15) is 5.84 Å². The van der Waals surface area contributed by atoms with Gasteiger partial charge in [-0.2, -0.15) is 0 Å². The zero-order valence-corrected chi connectivity index (χ0v) is 12.4. The summed E-state index contributed by atoms with van der Waals surface area (Å²) in [4.78, 5) is 2.17. The first-order valence-electron chi connectivity index (χ1n) is 6.70. The minimum Gasteiger partial charge on any atom is -0.409 e. The van der Waals surface area contributed by atoms with Gasteiger partial charge in [0.25, 0.3) is 0 Å². The fourth-order valence-corrected chi connectivity index (χ4v) is 2.31. The second-order valence-electron chi connectivity index (χ2n) is 4.73. The zero-order valence-electron chi connectivity index (χ0n) is 11.6. The molecule has 2 aromatic rings. The van der Waals surface area contributed by atoms with Gasteiger partial charge in [-0.05, 0) is 29.8 Å². The molecule has 2 rings (SSSR count). The molecule has 0 radical (unpaired) electrons. The smallest absolute Gasteiger partial charge is 0.140 e. The zero-order chi connectivity index (χ0) is 15.1. The first-order valence-corrected chi connectivity index (χ1v) is 7.07. The fourth-order valence-electron chi connectivity index (χ4n) is 2.09. The van der Waals surface area contributed by atoms with Gasteiger partial charge in [0, 0.05) is 30.2 Å². The van der Waals surface area contributed by atoms with Gasteiger partial charge in [-0.25, -0.2) is 0 Å². The van der Waals surface area contributed by atoms with E-state index in [0.29, 0.717) is 19.5 Å². The van der Waals surface area contributed by atoms with Crippen LogP contribution < -0.4 is 10.6 Å². The maximum atomic E-state index is 8.67. The summed E-state index contributed by atoms with van der Waals surface area (Å²) in [7, 11) is 0. The number of anilines is 1. The molecular formula is C16H18ClN3O. The highest BCUT2D eigenvalue weighted by atomic mass is 35.5. The van der Waals surface area contributed by atoms with Crippen LogP contribution in [0.4, 0.5) is 5.69 Å². The molecule has 0 spiro atoms. The predicted molar refractivity (Wildman–Crippen MR) is 87.0 cm³/mol. The maximum absolute atomic E-state index is 8.67. The first-order chi connectivity index (χ1) is 10.2. The molecule has 5 heteroatoms. The maximum Gasteiger partial charge on any atom is 0.140 e. The van der Waals surface area contributed by atoms with Crippen molar-refractivity contribution in [1.82, 2.24) is 0 Å². The molecule has 0 saturated heterocycles. The van der Waals surface area contributed by atoms with Crippen molar-refractivity contribution in [3.05, 3.63) is 65.2 Å². The van der Waals surface area contributed by atoms with Crippen LogP contribution in [0.2, 0.25) is 5.02 Å². The molecular weight excluding hydrogens is 286 g/mol. The highest BCUT2D eigenvalue weighted by Crippen LogP contribution is 2.19. The molecule has 110 valence electrons. The van der Waals surface area contributed by atoms with Crippen molar-refractivity contribution in [2.75, 3.05) is 11.4 Å². The molecule has 0 heterocycles. The van der Waals surface area contributed by atoms with Gasteiger partial charge < -0.3 is 15.8 Å². The predicted octanol–water partition coefficient (Wildman–Crippen LogP) is 3.48. The molecule has 0 aromatic heterocycles. The van der Waals surface area contributed by atoms with Crippen molar-refractivity contribution in [3.63, 3.8) is 0 Å². The number of rotatable bonds is 6. The number of hydrogen-bond acceptors (Lipinski definition) is 3. The van der Waals surface area contributed by atoms with Crippen LogP contribution in [-0.2, 0) is 6.54 Å². The number of hydrogen-bond donors (Lipinski definition) is 2. The molecule has 0 aliphatic heterocycles. The number of benzene rings is 2. The Labute approximate surface area is 129 Å². The second-order valence-corrected chi connectivity index (χ2v) is 5.16. The molecule has 3 N–H and O–H groups in total. The highest BCUT2D eigenvalue weighted by molar-refractivity contribution is 6.30. The lowest BCUT2D eigenvalue weighted by Crippen LogP contribution is -2.27. The van der Waals surface area contributed by atoms with Gasteiger partial charge in [-0.1, -0.05) is 47.1 Å². The molecule has 4 nitrogen and oxygen atoms in total. The minimum atomic E-state index is 0.224. The van der Waals surface area contributed by atoms with Crippen molar-refractivity contribution in [2.24, 2.45) is 10.9 Å². The van der Waals surface area contributed by atoms with E-state index in [0.717, 1.165) is 16.3 Å². The summed E-state index contributed by atoms with van der Waals surface area (Å²) in [6.45, 7) is 1.37. The third kappa shape index (κ3) is 4.68. The third-order valence-corrected chi connectivity index (χ3v) is 3.39. The molecule has 0 amide bonds. The van der Waals surface area contributed by atoms with E-state index in [1.165, 1.54) is 0 Å². The van der Waals surface area contributed by atoms with E-state index >= 15 is 0 Å². The van der Waals surface area contributed by atoms with Crippen molar-refractivity contribution in [1.29, 1.82) is 0 Å². The number of halogens is 1. The Bertz CT molecular complexity index is 601. The number of nitrogens with zero attached hydrogens (tertiary/aromatic N) is 2. The molecule has 0 fully saturated rings. The van der Waals surface area contributed by atoms with Crippen LogP contribution in [0, 0.1) is 0 Å². The summed E-state index contributed by atoms with van der Waals surface area (Å²) >= 11 is 6.03. The summed E-state index contributed by atoms with van der Waals surface area (Å²) in [5.41, 5.74) is 7.77. The number of para-hydroxylation sites is 1. The monoisotopic (exact) mass is 303 g/mol. The summed E-state index contributed by atoms with van der Waals surface area (Å²) in [6, 6.07) is 17.8. The van der Waals surface area contributed by atoms with Gasteiger partial charge >= 0.3 is 0 Å². The van der Waals surface area contributed by atoms with E-state index in [-0.39, 0.29) is 5.84 Å². The average Bonchev–Trinajstić information content (AvgIpc) is 2.52. The van der Waals surface area contributed by atoms with Gasteiger partial charge in [-0.3, -0.25) is 0 Å². The van der Waals surface area contributed by atoms with Gasteiger partial charge in [0.2, 0.25) is 0 Å². The number of oxime groups is 1. The van der Waals surface area contributed by atoms with Gasteiger partial charge in [-0.15, -0.1) is 0 Å². The van der Waals surface area contributed by atoms with Crippen LogP contribution in [-0.4, -0.2) is 17.6 Å². The molecule has 2 aromatic carbocycles. The standard InChI is InChI=1S/C16H18ClN3O/c17-14-6-4-5-13(11-14)12-20(10-9-16(18)19-21)15-7-2-1-3-8-15/h1-8,11,21H,9-10,12H2,(H2,18,19). The molecule has 0 aliphatic carbocycles. The lowest BCUT2D eigenvalue weighted by atomic mass is 10.2.